The molecule has 3 aromatic carbocycles. The van der Waals surface area contributed by atoms with Crippen LogP contribution in [0.25, 0.3) is 0 Å². The van der Waals surface area contributed by atoms with Crippen molar-refractivity contribution in [2.45, 2.75) is 5.37 Å². The topological polar surface area (TPSA) is 67.9 Å². The molecule has 0 aliphatic carbocycles. The number of carbonyl (C=O) groups excluding carboxylic acids is 2. The van der Waals surface area contributed by atoms with Crippen molar-refractivity contribution in [2.24, 2.45) is 0 Å². The molecular formula is C23H17Cl3N2O4S. The lowest BCUT2D eigenvalue weighted by Crippen LogP contribution is -2.46. The molecule has 2 amide bonds. The minimum atomic E-state index is -0.533. The SMILES string of the molecule is O=C(COc1c(Cl)cc(Cl)cc1Cl)NN1C(=O)CSC1c1cccc(Oc2ccccc2)c1. The van der Waals surface area contributed by atoms with Crippen LogP contribution in [0.5, 0.6) is 17.2 Å². The van der Waals surface area contributed by atoms with Gasteiger partial charge in [-0.15, -0.1) is 11.8 Å². The summed E-state index contributed by atoms with van der Waals surface area (Å²) in [5.41, 5.74) is 3.42. The Morgan fingerprint density at radius 1 is 1.00 bits per heavy atom. The van der Waals surface area contributed by atoms with Crippen LogP contribution in [-0.4, -0.2) is 29.2 Å². The van der Waals surface area contributed by atoms with Gasteiger partial charge in [-0.3, -0.25) is 15.0 Å². The highest BCUT2D eigenvalue weighted by atomic mass is 35.5. The number of nitrogens with zero attached hydrogens (tertiary/aromatic N) is 1. The fourth-order valence-corrected chi connectivity index (χ4v) is 5.14. The van der Waals surface area contributed by atoms with Crippen molar-refractivity contribution < 1.29 is 19.1 Å². The fraction of sp³-hybridized carbons (Fsp3) is 0.130. The van der Waals surface area contributed by atoms with Gasteiger partial charge in [-0.25, -0.2) is 5.01 Å². The zero-order valence-corrected chi connectivity index (χ0v) is 20.0. The van der Waals surface area contributed by atoms with Crippen molar-refractivity contribution >= 4 is 58.4 Å². The number of amides is 2. The number of halogens is 3. The lowest BCUT2D eigenvalue weighted by Gasteiger charge is -2.25. The van der Waals surface area contributed by atoms with Crippen LogP contribution >= 0.6 is 46.6 Å². The Morgan fingerprint density at radius 2 is 1.70 bits per heavy atom. The van der Waals surface area contributed by atoms with E-state index in [4.69, 9.17) is 44.3 Å². The van der Waals surface area contributed by atoms with Crippen LogP contribution in [0.4, 0.5) is 0 Å². The van der Waals surface area contributed by atoms with Crippen molar-refractivity contribution in [2.75, 3.05) is 12.4 Å². The summed E-state index contributed by atoms with van der Waals surface area (Å²) >= 11 is 19.4. The molecule has 0 saturated carbocycles. The Balaban J connectivity index is 1.43. The lowest BCUT2D eigenvalue weighted by atomic mass is 10.2. The molecule has 1 aliphatic rings. The molecule has 4 rings (SSSR count). The second-order valence-electron chi connectivity index (χ2n) is 6.94. The highest BCUT2D eigenvalue weighted by molar-refractivity contribution is 8.00. The van der Waals surface area contributed by atoms with E-state index in [1.165, 1.54) is 28.9 Å². The molecule has 6 nitrogen and oxygen atoms in total. The molecule has 1 aliphatic heterocycles. The summed E-state index contributed by atoms with van der Waals surface area (Å²) in [4.78, 5) is 25.0. The number of para-hydroxylation sites is 1. The summed E-state index contributed by atoms with van der Waals surface area (Å²) in [6.45, 7) is -0.389. The quantitative estimate of drug-likeness (QED) is 0.404. The number of benzene rings is 3. The summed E-state index contributed by atoms with van der Waals surface area (Å²) in [5.74, 6) is 0.934. The molecule has 1 heterocycles. The summed E-state index contributed by atoms with van der Waals surface area (Å²) in [7, 11) is 0. The molecule has 1 atom stereocenters. The second-order valence-corrected chi connectivity index (χ2v) is 9.26. The summed E-state index contributed by atoms with van der Waals surface area (Å²) in [6.07, 6.45) is 0. The van der Waals surface area contributed by atoms with Crippen LogP contribution in [0, 0.1) is 0 Å². The molecule has 0 aromatic heterocycles. The summed E-state index contributed by atoms with van der Waals surface area (Å²) < 4.78 is 11.3. The number of rotatable bonds is 7. The van der Waals surface area contributed by atoms with E-state index in [9.17, 15) is 9.59 Å². The molecule has 1 fully saturated rings. The van der Waals surface area contributed by atoms with Crippen LogP contribution in [0.3, 0.4) is 0 Å². The first-order chi connectivity index (χ1) is 15.9. The highest BCUT2D eigenvalue weighted by Crippen LogP contribution is 2.39. The molecule has 33 heavy (non-hydrogen) atoms. The molecule has 1 N–H and O–H groups in total. The van der Waals surface area contributed by atoms with E-state index in [2.05, 4.69) is 5.43 Å². The van der Waals surface area contributed by atoms with Crippen LogP contribution in [0.15, 0.2) is 66.7 Å². The van der Waals surface area contributed by atoms with E-state index in [0.29, 0.717) is 16.5 Å². The minimum Gasteiger partial charge on any atom is -0.481 e. The summed E-state index contributed by atoms with van der Waals surface area (Å²) in [6, 6.07) is 19.7. The van der Waals surface area contributed by atoms with Gasteiger partial charge in [-0.1, -0.05) is 65.1 Å². The van der Waals surface area contributed by atoms with Gasteiger partial charge in [0.2, 0.25) is 0 Å². The first-order valence-electron chi connectivity index (χ1n) is 9.74. The van der Waals surface area contributed by atoms with Crippen LogP contribution < -0.4 is 14.9 Å². The van der Waals surface area contributed by atoms with Crippen molar-refractivity contribution in [3.63, 3.8) is 0 Å². The van der Waals surface area contributed by atoms with Crippen molar-refractivity contribution in [1.82, 2.24) is 10.4 Å². The number of hydrazine groups is 1. The van der Waals surface area contributed by atoms with Gasteiger partial charge in [-0.05, 0) is 42.0 Å². The fourth-order valence-electron chi connectivity index (χ4n) is 3.12. The van der Waals surface area contributed by atoms with Gasteiger partial charge in [0.05, 0.1) is 15.8 Å². The van der Waals surface area contributed by atoms with Crippen LogP contribution in [0.1, 0.15) is 10.9 Å². The number of carbonyl (C=O) groups is 2. The molecule has 1 saturated heterocycles. The monoisotopic (exact) mass is 522 g/mol. The van der Waals surface area contributed by atoms with E-state index in [1.54, 1.807) is 0 Å². The number of hydrogen-bond acceptors (Lipinski definition) is 5. The Bertz CT molecular complexity index is 1160. The number of hydrogen-bond donors (Lipinski definition) is 1. The Morgan fingerprint density at radius 3 is 2.42 bits per heavy atom. The van der Waals surface area contributed by atoms with E-state index in [1.807, 2.05) is 54.6 Å². The first kappa shape index (κ1) is 23.6. The average molecular weight is 524 g/mol. The molecule has 1 unspecified atom stereocenters. The number of nitrogens with one attached hydrogen (secondary N) is 1. The standard InChI is InChI=1S/C23H17Cl3N2O4S/c24-15-10-18(25)22(19(26)11-15)31-12-20(29)27-28-21(30)13-33-23(28)14-5-4-8-17(9-14)32-16-6-2-1-3-7-16/h1-11,23H,12-13H2,(H,27,29). The maximum Gasteiger partial charge on any atom is 0.276 e. The Hall–Kier alpha value is -2.58. The second kappa shape index (κ2) is 10.6. The summed E-state index contributed by atoms with van der Waals surface area (Å²) in [5, 5.41) is 1.59. The third-order valence-corrected chi connectivity index (χ3v) is 6.54. The van der Waals surface area contributed by atoms with Gasteiger partial charge < -0.3 is 9.47 Å². The van der Waals surface area contributed by atoms with E-state index < -0.39 is 11.3 Å². The van der Waals surface area contributed by atoms with Crippen molar-refractivity contribution in [1.29, 1.82) is 0 Å². The smallest absolute Gasteiger partial charge is 0.276 e. The molecular weight excluding hydrogens is 507 g/mol. The van der Waals surface area contributed by atoms with Gasteiger partial charge in [0, 0.05) is 5.02 Å². The van der Waals surface area contributed by atoms with Crippen LogP contribution in [0.2, 0.25) is 15.1 Å². The maximum absolute atomic E-state index is 12.5. The molecule has 0 spiro atoms. The molecule has 0 radical (unpaired) electrons. The third kappa shape index (κ3) is 5.86. The molecule has 0 bridgehead atoms. The zero-order valence-electron chi connectivity index (χ0n) is 17.0. The zero-order chi connectivity index (χ0) is 23.4. The van der Waals surface area contributed by atoms with Gasteiger partial charge >= 0.3 is 0 Å². The average Bonchev–Trinajstić information content (AvgIpc) is 3.14. The predicted octanol–water partition coefficient (Wildman–Crippen LogP) is 6.12. The minimum absolute atomic E-state index is 0.141. The highest BCUT2D eigenvalue weighted by Gasteiger charge is 2.34. The first-order valence-corrected chi connectivity index (χ1v) is 11.9. The molecule has 170 valence electrons. The molecule has 3 aromatic rings. The largest absolute Gasteiger partial charge is 0.481 e. The Kier molecular flexibility index (Phi) is 7.55. The van der Waals surface area contributed by atoms with Crippen molar-refractivity contribution in [3.8, 4) is 17.2 Å². The van der Waals surface area contributed by atoms with Gasteiger partial charge in [0.1, 0.15) is 16.9 Å². The predicted molar refractivity (Wildman–Crippen MR) is 130 cm³/mol. The number of thioether (sulfide) groups is 1. The van der Waals surface area contributed by atoms with Gasteiger partial charge in [-0.2, -0.15) is 0 Å². The Labute approximate surface area is 209 Å². The lowest BCUT2D eigenvalue weighted by molar-refractivity contribution is -0.140. The van der Waals surface area contributed by atoms with Gasteiger partial charge in [0.15, 0.2) is 12.4 Å². The molecule has 10 heteroatoms. The van der Waals surface area contributed by atoms with Gasteiger partial charge in [0.25, 0.3) is 11.8 Å². The third-order valence-electron chi connectivity index (χ3n) is 4.55. The van der Waals surface area contributed by atoms with E-state index in [-0.39, 0.29) is 34.1 Å². The van der Waals surface area contributed by atoms with E-state index in [0.717, 1.165) is 5.56 Å². The number of ether oxygens (including phenoxy) is 2. The normalized spacial score (nSPS) is 15.4. The van der Waals surface area contributed by atoms with Crippen molar-refractivity contribution in [3.05, 3.63) is 87.4 Å². The maximum atomic E-state index is 12.5. The van der Waals surface area contributed by atoms with E-state index >= 15 is 0 Å². The van der Waals surface area contributed by atoms with Crippen LogP contribution in [-0.2, 0) is 9.59 Å².